The van der Waals surface area contributed by atoms with Crippen LogP contribution < -0.4 is 5.73 Å². The van der Waals surface area contributed by atoms with E-state index in [9.17, 15) is 0 Å². The van der Waals surface area contributed by atoms with E-state index >= 15 is 0 Å². The van der Waals surface area contributed by atoms with Crippen LogP contribution in [-0.4, -0.2) is 10.1 Å². The summed E-state index contributed by atoms with van der Waals surface area (Å²) >= 11 is 0. The molecule has 1 heterocycles. The fourth-order valence-electron chi connectivity index (χ4n) is 1.82. The summed E-state index contributed by atoms with van der Waals surface area (Å²) in [5.74, 6) is 0.892. The summed E-state index contributed by atoms with van der Waals surface area (Å²) in [5, 5.41) is 12.7. The van der Waals surface area contributed by atoms with E-state index in [1.165, 1.54) is 0 Å². The minimum absolute atomic E-state index is 0.409. The van der Waals surface area contributed by atoms with Crippen LogP contribution in [0, 0.1) is 11.3 Å². The van der Waals surface area contributed by atoms with Crippen molar-refractivity contribution in [2.75, 3.05) is 5.73 Å². The highest BCUT2D eigenvalue weighted by molar-refractivity contribution is 5.63. The molecule has 0 aliphatic heterocycles. The molecule has 3 aromatic rings. The molecule has 0 saturated heterocycles. The SMILES string of the molecule is N#Cc1ccc(-c2nc(-c3cccc(N)c3)no2)cc1. The molecule has 1 aromatic heterocycles. The van der Waals surface area contributed by atoms with Crippen LogP contribution in [0.1, 0.15) is 5.56 Å². The number of anilines is 1. The van der Waals surface area contributed by atoms with Gasteiger partial charge in [0.15, 0.2) is 0 Å². The maximum atomic E-state index is 8.76. The molecular formula is C15H10N4O. The molecule has 0 spiro atoms. The molecule has 3 rings (SSSR count). The molecule has 2 N–H and O–H groups in total. The zero-order chi connectivity index (χ0) is 13.9. The molecule has 0 aliphatic carbocycles. The lowest BCUT2D eigenvalue weighted by molar-refractivity contribution is 0.432. The van der Waals surface area contributed by atoms with Gasteiger partial charge in [0.1, 0.15) is 0 Å². The Morgan fingerprint density at radius 3 is 2.55 bits per heavy atom. The van der Waals surface area contributed by atoms with Crippen molar-refractivity contribution in [3.63, 3.8) is 0 Å². The van der Waals surface area contributed by atoms with Gasteiger partial charge in [0.05, 0.1) is 11.6 Å². The van der Waals surface area contributed by atoms with Crippen LogP contribution in [0.2, 0.25) is 0 Å². The molecule has 5 nitrogen and oxygen atoms in total. The minimum atomic E-state index is 0.409. The van der Waals surface area contributed by atoms with Gasteiger partial charge in [0.2, 0.25) is 5.82 Å². The van der Waals surface area contributed by atoms with Crippen LogP contribution >= 0.6 is 0 Å². The molecule has 0 atom stereocenters. The van der Waals surface area contributed by atoms with E-state index in [1.54, 1.807) is 36.4 Å². The number of hydrogen-bond donors (Lipinski definition) is 1. The second-order valence-corrected chi connectivity index (χ2v) is 4.24. The number of nitrogens with two attached hydrogens (primary N) is 1. The molecule has 0 saturated carbocycles. The second kappa shape index (κ2) is 4.86. The van der Waals surface area contributed by atoms with Gasteiger partial charge in [-0.15, -0.1) is 0 Å². The van der Waals surface area contributed by atoms with Gasteiger partial charge in [-0.3, -0.25) is 0 Å². The van der Waals surface area contributed by atoms with E-state index in [0.717, 1.165) is 11.1 Å². The Hall–Kier alpha value is -3.13. The minimum Gasteiger partial charge on any atom is -0.399 e. The third kappa shape index (κ3) is 2.22. The Morgan fingerprint density at radius 1 is 1.05 bits per heavy atom. The molecule has 0 radical (unpaired) electrons. The summed E-state index contributed by atoms with van der Waals surface area (Å²) in [7, 11) is 0. The van der Waals surface area contributed by atoms with E-state index in [-0.39, 0.29) is 0 Å². The maximum Gasteiger partial charge on any atom is 0.258 e. The number of nitrogen functional groups attached to an aromatic ring is 1. The monoisotopic (exact) mass is 262 g/mol. The lowest BCUT2D eigenvalue weighted by Gasteiger charge is -1.95. The molecule has 20 heavy (non-hydrogen) atoms. The first-order valence-electron chi connectivity index (χ1n) is 5.96. The van der Waals surface area contributed by atoms with Crippen molar-refractivity contribution < 1.29 is 4.52 Å². The third-order valence-corrected chi connectivity index (χ3v) is 2.83. The molecule has 2 aromatic carbocycles. The van der Waals surface area contributed by atoms with Crippen molar-refractivity contribution in [2.45, 2.75) is 0 Å². The number of nitrogens with zero attached hydrogens (tertiary/aromatic N) is 3. The number of rotatable bonds is 2. The number of hydrogen-bond acceptors (Lipinski definition) is 5. The van der Waals surface area contributed by atoms with Gasteiger partial charge in [0, 0.05) is 16.8 Å². The van der Waals surface area contributed by atoms with Gasteiger partial charge in [-0.2, -0.15) is 10.2 Å². The molecular weight excluding hydrogens is 252 g/mol. The maximum absolute atomic E-state index is 8.76. The van der Waals surface area contributed by atoms with Gasteiger partial charge in [-0.25, -0.2) is 0 Å². The Morgan fingerprint density at radius 2 is 1.85 bits per heavy atom. The molecule has 0 aliphatic rings. The van der Waals surface area contributed by atoms with Crippen LogP contribution in [0.25, 0.3) is 22.8 Å². The van der Waals surface area contributed by atoms with Crippen molar-refractivity contribution >= 4 is 5.69 Å². The van der Waals surface area contributed by atoms with Crippen molar-refractivity contribution in [3.05, 3.63) is 54.1 Å². The van der Waals surface area contributed by atoms with Crippen molar-refractivity contribution in [1.29, 1.82) is 5.26 Å². The predicted molar refractivity (Wildman–Crippen MR) is 74.3 cm³/mol. The fraction of sp³-hybridized carbons (Fsp3) is 0. The van der Waals surface area contributed by atoms with Gasteiger partial charge >= 0.3 is 0 Å². The zero-order valence-corrected chi connectivity index (χ0v) is 10.4. The standard InChI is InChI=1S/C15H10N4O/c16-9-10-4-6-11(7-5-10)15-18-14(19-20-15)12-2-1-3-13(17)8-12/h1-8H,17H2. The third-order valence-electron chi connectivity index (χ3n) is 2.83. The Balaban J connectivity index is 1.95. The smallest absolute Gasteiger partial charge is 0.258 e. The molecule has 96 valence electrons. The predicted octanol–water partition coefficient (Wildman–Crippen LogP) is 2.86. The summed E-state index contributed by atoms with van der Waals surface area (Å²) in [6.45, 7) is 0. The molecule has 0 fully saturated rings. The molecule has 0 bridgehead atoms. The summed E-state index contributed by atoms with van der Waals surface area (Å²) in [5.41, 5.74) is 8.53. The van der Waals surface area contributed by atoms with Gasteiger partial charge < -0.3 is 10.3 Å². The fourth-order valence-corrected chi connectivity index (χ4v) is 1.82. The first-order valence-corrected chi connectivity index (χ1v) is 5.96. The van der Waals surface area contributed by atoms with Crippen LogP contribution in [0.4, 0.5) is 5.69 Å². The van der Waals surface area contributed by atoms with Crippen molar-refractivity contribution in [2.24, 2.45) is 0 Å². The van der Waals surface area contributed by atoms with Crippen LogP contribution in [0.15, 0.2) is 53.1 Å². The lowest BCUT2D eigenvalue weighted by Crippen LogP contribution is -1.86. The average molecular weight is 262 g/mol. The quantitative estimate of drug-likeness (QED) is 0.717. The highest BCUT2D eigenvalue weighted by Crippen LogP contribution is 2.23. The summed E-state index contributed by atoms with van der Waals surface area (Å²) in [4.78, 5) is 4.33. The summed E-state index contributed by atoms with van der Waals surface area (Å²) in [6, 6.07) is 16.3. The molecule has 0 unspecified atom stereocenters. The number of aromatic nitrogens is 2. The van der Waals surface area contributed by atoms with Crippen molar-refractivity contribution in [3.8, 4) is 28.9 Å². The van der Waals surface area contributed by atoms with Crippen LogP contribution in [-0.2, 0) is 0 Å². The highest BCUT2D eigenvalue weighted by Gasteiger charge is 2.10. The highest BCUT2D eigenvalue weighted by atomic mass is 16.5. The van der Waals surface area contributed by atoms with E-state index in [1.807, 2.05) is 12.1 Å². The summed E-state index contributed by atoms with van der Waals surface area (Å²) < 4.78 is 5.23. The Kier molecular flexibility index (Phi) is 2.90. The van der Waals surface area contributed by atoms with E-state index in [2.05, 4.69) is 16.2 Å². The van der Waals surface area contributed by atoms with Gasteiger partial charge in [-0.1, -0.05) is 17.3 Å². The molecule has 0 amide bonds. The van der Waals surface area contributed by atoms with E-state index < -0.39 is 0 Å². The van der Waals surface area contributed by atoms with Crippen LogP contribution in [0.5, 0.6) is 0 Å². The van der Waals surface area contributed by atoms with Crippen molar-refractivity contribution in [1.82, 2.24) is 10.1 Å². The van der Waals surface area contributed by atoms with E-state index in [4.69, 9.17) is 15.5 Å². The summed E-state index contributed by atoms with van der Waals surface area (Å²) in [6.07, 6.45) is 0. The van der Waals surface area contributed by atoms with Gasteiger partial charge in [-0.05, 0) is 36.4 Å². The first kappa shape index (κ1) is 11.9. The molecule has 5 heteroatoms. The normalized spacial score (nSPS) is 10.2. The number of nitriles is 1. The lowest BCUT2D eigenvalue weighted by atomic mass is 10.1. The zero-order valence-electron chi connectivity index (χ0n) is 10.4. The average Bonchev–Trinajstić information content (AvgIpc) is 2.97. The Bertz CT molecular complexity index is 784. The van der Waals surface area contributed by atoms with E-state index in [0.29, 0.717) is 23.0 Å². The number of benzene rings is 2. The second-order valence-electron chi connectivity index (χ2n) is 4.24. The van der Waals surface area contributed by atoms with Crippen LogP contribution in [0.3, 0.4) is 0 Å². The Labute approximate surface area is 115 Å². The first-order chi connectivity index (χ1) is 9.76. The largest absolute Gasteiger partial charge is 0.399 e. The van der Waals surface area contributed by atoms with Gasteiger partial charge in [0.25, 0.3) is 5.89 Å². The topological polar surface area (TPSA) is 88.7 Å².